The van der Waals surface area contributed by atoms with Crippen molar-refractivity contribution in [3.8, 4) is 5.75 Å². The Kier molecular flexibility index (Phi) is 4.33. The van der Waals surface area contributed by atoms with E-state index in [1.165, 1.54) is 0 Å². The first kappa shape index (κ1) is 12.2. The molecule has 0 aliphatic rings. The highest BCUT2D eigenvalue weighted by molar-refractivity contribution is 9.09. The first-order chi connectivity index (χ1) is 7.06. The Morgan fingerprint density at radius 3 is 2.73 bits per heavy atom. The van der Waals surface area contributed by atoms with Gasteiger partial charge in [0.1, 0.15) is 16.4 Å². The van der Waals surface area contributed by atoms with Gasteiger partial charge in [0.25, 0.3) is 0 Å². The van der Waals surface area contributed by atoms with Gasteiger partial charge in [-0.3, -0.25) is 4.79 Å². The molecule has 1 rings (SSSR count). The summed E-state index contributed by atoms with van der Waals surface area (Å²) in [7, 11) is 0. The number of ketones is 1. The van der Waals surface area contributed by atoms with Crippen molar-refractivity contribution in [2.75, 3.05) is 6.61 Å². The van der Waals surface area contributed by atoms with E-state index in [9.17, 15) is 4.79 Å². The largest absolute Gasteiger partial charge is 0.494 e. The van der Waals surface area contributed by atoms with Crippen LogP contribution >= 0.6 is 15.9 Å². The molecule has 3 heteroatoms. The number of aryl methyl sites for hydroxylation is 1. The van der Waals surface area contributed by atoms with E-state index in [0.29, 0.717) is 6.61 Å². The van der Waals surface area contributed by atoms with E-state index >= 15 is 0 Å². The highest BCUT2D eigenvalue weighted by Gasteiger charge is 2.17. The average Bonchev–Trinajstić information content (AvgIpc) is 2.17. The van der Waals surface area contributed by atoms with Gasteiger partial charge >= 0.3 is 0 Å². The van der Waals surface area contributed by atoms with Crippen molar-refractivity contribution in [1.29, 1.82) is 0 Å². The van der Waals surface area contributed by atoms with Gasteiger partial charge < -0.3 is 4.74 Å². The van der Waals surface area contributed by atoms with Crippen LogP contribution in [0.2, 0.25) is 0 Å². The van der Waals surface area contributed by atoms with Crippen LogP contribution in [0.25, 0.3) is 0 Å². The first-order valence-electron chi connectivity index (χ1n) is 4.94. The molecule has 0 amide bonds. The zero-order chi connectivity index (χ0) is 11.4. The molecule has 0 saturated carbocycles. The average molecular weight is 271 g/mol. The number of carbonyl (C=O) groups excluding carboxylic acids is 1. The minimum atomic E-state index is -0.278. The zero-order valence-electron chi connectivity index (χ0n) is 9.21. The number of rotatable bonds is 4. The van der Waals surface area contributed by atoms with Crippen molar-refractivity contribution in [3.63, 3.8) is 0 Å². The molecule has 82 valence electrons. The third-order valence-electron chi connectivity index (χ3n) is 2.10. The Labute approximate surface area is 98.8 Å². The van der Waals surface area contributed by atoms with Gasteiger partial charge in [0.15, 0.2) is 0 Å². The van der Waals surface area contributed by atoms with Crippen LogP contribution in [0.5, 0.6) is 5.75 Å². The van der Waals surface area contributed by atoms with E-state index in [1.807, 2.05) is 32.0 Å². The summed E-state index contributed by atoms with van der Waals surface area (Å²) < 4.78 is 5.51. The zero-order valence-corrected chi connectivity index (χ0v) is 10.8. The molecule has 0 bridgehead atoms. The summed E-state index contributed by atoms with van der Waals surface area (Å²) in [5.41, 5.74) is 2.03. The lowest BCUT2D eigenvalue weighted by atomic mass is 10.1. The van der Waals surface area contributed by atoms with Crippen LogP contribution in [0.15, 0.2) is 18.2 Å². The Morgan fingerprint density at radius 1 is 1.53 bits per heavy atom. The second-order valence-corrected chi connectivity index (χ2v) is 4.36. The Morgan fingerprint density at radius 2 is 2.20 bits per heavy atom. The summed E-state index contributed by atoms with van der Waals surface area (Å²) in [6.45, 7) is 6.11. The molecule has 1 unspecified atom stereocenters. The SMILES string of the molecule is CCOc1cc(C)ccc1C(Br)C(C)=O. The number of benzene rings is 1. The van der Waals surface area contributed by atoms with E-state index in [-0.39, 0.29) is 10.6 Å². The topological polar surface area (TPSA) is 26.3 Å². The number of alkyl halides is 1. The predicted molar refractivity (Wildman–Crippen MR) is 64.7 cm³/mol. The standard InChI is InChI=1S/C12H15BrO2/c1-4-15-11-7-8(2)5-6-10(11)12(13)9(3)14/h5-7,12H,4H2,1-3H3. The van der Waals surface area contributed by atoms with Gasteiger partial charge in [-0.15, -0.1) is 0 Å². The van der Waals surface area contributed by atoms with Crippen LogP contribution < -0.4 is 4.74 Å². The van der Waals surface area contributed by atoms with Crippen molar-refractivity contribution < 1.29 is 9.53 Å². The van der Waals surface area contributed by atoms with E-state index in [0.717, 1.165) is 16.9 Å². The number of Topliss-reactive ketones (excluding diaryl/α,β-unsaturated/α-hetero) is 1. The van der Waals surface area contributed by atoms with Crippen LogP contribution in [0.4, 0.5) is 0 Å². The Hall–Kier alpha value is -0.830. The fraction of sp³-hybridized carbons (Fsp3) is 0.417. The summed E-state index contributed by atoms with van der Waals surface area (Å²) >= 11 is 3.37. The van der Waals surface area contributed by atoms with Crippen LogP contribution in [0.3, 0.4) is 0 Å². The fourth-order valence-electron chi connectivity index (χ4n) is 1.35. The van der Waals surface area contributed by atoms with E-state index in [2.05, 4.69) is 15.9 Å². The van der Waals surface area contributed by atoms with Gasteiger partial charge in [0, 0.05) is 5.56 Å². The number of hydrogen-bond donors (Lipinski definition) is 0. The van der Waals surface area contributed by atoms with Gasteiger partial charge in [0.2, 0.25) is 0 Å². The molecule has 0 N–H and O–H groups in total. The van der Waals surface area contributed by atoms with Crippen molar-refractivity contribution in [2.24, 2.45) is 0 Å². The highest BCUT2D eigenvalue weighted by atomic mass is 79.9. The number of hydrogen-bond acceptors (Lipinski definition) is 2. The molecule has 0 saturated heterocycles. The molecule has 2 nitrogen and oxygen atoms in total. The predicted octanol–water partition coefficient (Wildman–Crippen LogP) is 3.42. The minimum absolute atomic E-state index is 0.0832. The van der Waals surface area contributed by atoms with Gasteiger partial charge in [0.05, 0.1) is 6.61 Å². The quantitative estimate of drug-likeness (QED) is 0.784. The van der Waals surface area contributed by atoms with Crippen molar-refractivity contribution in [2.45, 2.75) is 25.6 Å². The van der Waals surface area contributed by atoms with E-state index in [4.69, 9.17) is 4.74 Å². The highest BCUT2D eigenvalue weighted by Crippen LogP contribution is 2.32. The van der Waals surface area contributed by atoms with E-state index < -0.39 is 0 Å². The molecular formula is C12H15BrO2. The number of carbonyl (C=O) groups is 1. The normalized spacial score (nSPS) is 12.3. The van der Waals surface area contributed by atoms with Gasteiger partial charge in [-0.2, -0.15) is 0 Å². The van der Waals surface area contributed by atoms with Crippen molar-refractivity contribution in [3.05, 3.63) is 29.3 Å². The number of ether oxygens (including phenoxy) is 1. The molecule has 0 heterocycles. The maximum Gasteiger partial charge on any atom is 0.147 e. The smallest absolute Gasteiger partial charge is 0.147 e. The minimum Gasteiger partial charge on any atom is -0.494 e. The lowest BCUT2D eigenvalue weighted by Crippen LogP contribution is -2.05. The molecule has 0 aliphatic carbocycles. The summed E-state index contributed by atoms with van der Waals surface area (Å²) in [6, 6.07) is 5.87. The molecular weight excluding hydrogens is 256 g/mol. The summed E-state index contributed by atoms with van der Waals surface area (Å²) in [6.07, 6.45) is 0. The van der Waals surface area contributed by atoms with Gasteiger partial charge in [-0.05, 0) is 32.4 Å². The molecule has 0 radical (unpaired) electrons. The second-order valence-electron chi connectivity index (χ2n) is 3.45. The fourth-order valence-corrected chi connectivity index (χ4v) is 1.73. The summed E-state index contributed by atoms with van der Waals surface area (Å²) in [5, 5.41) is 0. The molecule has 1 aromatic rings. The molecule has 0 fully saturated rings. The second kappa shape index (κ2) is 5.31. The maximum atomic E-state index is 11.3. The molecule has 0 aliphatic heterocycles. The molecule has 0 aromatic heterocycles. The Bertz CT molecular complexity index is 361. The summed E-state index contributed by atoms with van der Waals surface area (Å²) in [5.74, 6) is 0.870. The lowest BCUT2D eigenvalue weighted by molar-refractivity contribution is -0.116. The molecule has 1 aromatic carbocycles. The van der Waals surface area contributed by atoms with Crippen LogP contribution in [0, 0.1) is 6.92 Å². The summed E-state index contributed by atoms with van der Waals surface area (Å²) in [4.78, 5) is 11.0. The third-order valence-corrected chi connectivity index (χ3v) is 3.24. The van der Waals surface area contributed by atoms with Crippen LogP contribution in [-0.2, 0) is 4.79 Å². The third kappa shape index (κ3) is 3.06. The van der Waals surface area contributed by atoms with Gasteiger partial charge in [-0.1, -0.05) is 28.1 Å². The van der Waals surface area contributed by atoms with Gasteiger partial charge in [-0.25, -0.2) is 0 Å². The lowest BCUT2D eigenvalue weighted by Gasteiger charge is -2.13. The monoisotopic (exact) mass is 270 g/mol. The molecule has 0 spiro atoms. The first-order valence-corrected chi connectivity index (χ1v) is 5.85. The maximum absolute atomic E-state index is 11.3. The number of halogens is 1. The van der Waals surface area contributed by atoms with E-state index in [1.54, 1.807) is 6.92 Å². The molecule has 1 atom stereocenters. The Balaban J connectivity index is 3.10. The van der Waals surface area contributed by atoms with Crippen LogP contribution in [-0.4, -0.2) is 12.4 Å². The molecule has 15 heavy (non-hydrogen) atoms. The van der Waals surface area contributed by atoms with Crippen LogP contribution in [0.1, 0.15) is 29.8 Å². The van der Waals surface area contributed by atoms with Crippen molar-refractivity contribution >= 4 is 21.7 Å². The van der Waals surface area contributed by atoms with Crippen molar-refractivity contribution in [1.82, 2.24) is 0 Å².